The lowest BCUT2D eigenvalue weighted by Gasteiger charge is -1.98. The Balaban J connectivity index is 1.67. The van der Waals surface area contributed by atoms with Crippen molar-refractivity contribution in [1.29, 1.82) is 0 Å². The number of rotatable bonds is 5. The van der Waals surface area contributed by atoms with E-state index in [0.29, 0.717) is 5.56 Å². The van der Waals surface area contributed by atoms with E-state index in [-0.39, 0.29) is 5.78 Å². The molecule has 3 aromatic rings. The maximum absolute atomic E-state index is 12.2. The number of hydrogen-bond acceptors (Lipinski definition) is 2. The molecule has 2 nitrogen and oxygen atoms in total. The number of hydrogen-bond donors (Lipinski definition) is 0. The topological polar surface area (TPSA) is 29.4 Å². The van der Waals surface area contributed by atoms with Crippen LogP contribution in [0, 0.1) is 0 Å². The lowest BCUT2D eigenvalue weighted by molar-refractivity contribution is 0.104. The van der Waals surface area contributed by atoms with Crippen LogP contribution in [0.1, 0.15) is 21.5 Å². The second-order valence-electron chi connectivity index (χ2n) is 5.32. The highest BCUT2D eigenvalue weighted by molar-refractivity contribution is 6.07. The van der Waals surface area contributed by atoms with E-state index in [9.17, 15) is 4.79 Å². The highest BCUT2D eigenvalue weighted by Gasteiger charge is 2.01. The first-order valence-electron chi connectivity index (χ1n) is 7.78. The Labute approximate surface area is 141 Å². The van der Waals surface area contributed by atoms with Gasteiger partial charge in [0.25, 0.3) is 0 Å². The molecule has 0 aliphatic rings. The van der Waals surface area contributed by atoms with E-state index in [1.807, 2.05) is 85.1 Å². The number of nitrogens with zero attached hydrogens (tertiary/aromatic N) is 1. The Kier molecular flexibility index (Phi) is 5.10. The van der Waals surface area contributed by atoms with E-state index >= 15 is 0 Å². The van der Waals surface area contributed by atoms with Gasteiger partial charge in [-0.1, -0.05) is 66.7 Å². The minimum Gasteiger partial charge on any atom is -0.289 e. The number of carbonyl (C=O) groups is 1. The first-order valence-corrected chi connectivity index (χ1v) is 7.78. The molecule has 24 heavy (non-hydrogen) atoms. The molecule has 3 aromatic carbocycles. The molecule has 116 valence electrons. The summed E-state index contributed by atoms with van der Waals surface area (Å²) in [7, 11) is 0. The Morgan fingerprint density at radius 2 is 1.29 bits per heavy atom. The molecule has 0 aliphatic heterocycles. The van der Waals surface area contributed by atoms with Crippen molar-refractivity contribution in [1.82, 2.24) is 0 Å². The molecule has 2 heteroatoms. The molecule has 0 aliphatic carbocycles. The average molecular weight is 311 g/mol. The summed E-state index contributed by atoms with van der Waals surface area (Å²) >= 11 is 0. The van der Waals surface area contributed by atoms with Gasteiger partial charge in [-0.2, -0.15) is 0 Å². The predicted octanol–water partition coefficient (Wildman–Crippen LogP) is 5.33. The minimum atomic E-state index is -0.0163. The summed E-state index contributed by atoms with van der Waals surface area (Å²) in [6, 6.07) is 27.0. The maximum atomic E-state index is 12.2. The van der Waals surface area contributed by atoms with Crippen molar-refractivity contribution in [3.8, 4) is 0 Å². The van der Waals surface area contributed by atoms with Gasteiger partial charge in [0.2, 0.25) is 0 Å². The monoisotopic (exact) mass is 311 g/mol. The second kappa shape index (κ2) is 7.84. The molecule has 0 spiro atoms. The van der Waals surface area contributed by atoms with Gasteiger partial charge in [0.1, 0.15) is 0 Å². The van der Waals surface area contributed by atoms with Gasteiger partial charge in [0.15, 0.2) is 5.78 Å². The second-order valence-corrected chi connectivity index (χ2v) is 5.32. The van der Waals surface area contributed by atoms with Gasteiger partial charge in [0.05, 0.1) is 5.69 Å². The van der Waals surface area contributed by atoms with Crippen molar-refractivity contribution < 1.29 is 4.79 Å². The Bertz CT molecular complexity index is 847. The van der Waals surface area contributed by atoms with Crippen LogP contribution in [0.4, 0.5) is 5.69 Å². The molecule has 0 fully saturated rings. The zero-order valence-electron chi connectivity index (χ0n) is 13.2. The smallest absolute Gasteiger partial charge is 0.185 e. The lowest BCUT2D eigenvalue weighted by atomic mass is 10.1. The van der Waals surface area contributed by atoms with Gasteiger partial charge in [-0.25, -0.2) is 0 Å². The fourth-order valence-electron chi connectivity index (χ4n) is 2.23. The summed E-state index contributed by atoms with van der Waals surface area (Å²) < 4.78 is 0. The van der Waals surface area contributed by atoms with Crippen molar-refractivity contribution in [2.75, 3.05) is 0 Å². The third-order valence-corrected chi connectivity index (χ3v) is 3.54. The molecule has 0 bridgehead atoms. The van der Waals surface area contributed by atoms with E-state index in [4.69, 9.17) is 0 Å². The number of allylic oxidation sites excluding steroid dienone is 1. The average Bonchev–Trinajstić information content (AvgIpc) is 2.66. The molecule has 0 atom stereocenters. The zero-order valence-corrected chi connectivity index (χ0v) is 13.2. The summed E-state index contributed by atoms with van der Waals surface area (Å²) in [5, 5.41) is 0. The number of carbonyl (C=O) groups excluding carboxylic acids is 1. The van der Waals surface area contributed by atoms with Crippen LogP contribution in [0.5, 0.6) is 0 Å². The molecule has 0 unspecified atom stereocenters. The SMILES string of the molecule is O=C(C=Cc1ccccc1)c1ccc(N=Cc2ccccc2)cc1. The zero-order chi connectivity index (χ0) is 16.6. The Morgan fingerprint density at radius 3 is 1.92 bits per heavy atom. The van der Waals surface area contributed by atoms with Gasteiger partial charge in [-0.05, 0) is 41.5 Å². The molecule has 0 amide bonds. The van der Waals surface area contributed by atoms with Gasteiger partial charge in [0, 0.05) is 11.8 Å². The van der Waals surface area contributed by atoms with Crippen LogP contribution in [-0.2, 0) is 0 Å². The molecule has 0 N–H and O–H groups in total. The summed E-state index contributed by atoms with van der Waals surface area (Å²) in [5.74, 6) is -0.0163. The van der Waals surface area contributed by atoms with Crippen molar-refractivity contribution >= 4 is 23.8 Å². The highest BCUT2D eigenvalue weighted by Crippen LogP contribution is 2.14. The molecule has 0 saturated heterocycles. The summed E-state index contributed by atoms with van der Waals surface area (Å²) in [6.07, 6.45) is 5.23. The van der Waals surface area contributed by atoms with Crippen molar-refractivity contribution in [3.63, 3.8) is 0 Å². The van der Waals surface area contributed by atoms with Crippen LogP contribution in [-0.4, -0.2) is 12.0 Å². The first kappa shape index (κ1) is 15.6. The van der Waals surface area contributed by atoms with E-state index < -0.39 is 0 Å². The Morgan fingerprint density at radius 1 is 0.708 bits per heavy atom. The molecular formula is C22H17NO. The number of benzene rings is 3. The molecule has 3 rings (SSSR count). The van der Waals surface area contributed by atoms with E-state index in [0.717, 1.165) is 16.8 Å². The molecule has 0 aromatic heterocycles. The lowest BCUT2D eigenvalue weighted by Crippen LogP contribution is -1.93. The van der Waals surface area contributed by atoms with Crippen LogP contribution < -0.4 is 0 Å². The first-order chi connectivity index (χ1) is 11.8. The summed E-state index contributed by atoms with van der Waals surface area (Å²) in [5.41, 5.74) is 3.53. The fraction of sp³-hybridized carbons (Fsp3) is 0. The van der Waals surface area contributed by atoms with Crippen molar-refractivity contribution in [2.24, 2.45) is 4.99 Å². The van der Waals surface area contributed by atoms with Crippen LogP contribution in [0.25, 0.3) is 6.08 Å². The largest absolute Gasteiger partial charge is 0.289 e. The van der Waals surface area contributed by atoms with Gasteiger partial charge < -0.3 is 0 Å². The molecule has 0 saturated carbocycles. The van der Waals surface area contributed by atoms with E-state index in [2.05, 4.69) is 4.99 Å². The van der Waals surface area contributed by atoms with E-state index in [1.165, 1.54) is 0 Å². The third-order valence-electron chi connectivity index (χ3n) is 3.54. The third kappa shape index (κ3) is 4.37. The molecular weight excluding hydrogens is 294 g/mol. The molecule has 0 heterocycles. The quantitative estimate of drug-likeness (QED) is 0.355. The number of aliphatic imine (C=N–C) groups is 1. The highest BCUT2D eigenvalue weighted by atomic mass is 16.1. The van der Waals surface area contributed by atoms with Gasteiger partial charge in [-0.15, -0.1) is 0 Å². The maximum Gasteiger partial charge on any atom is 0.185 e. The van der Waals surface area contributed by atoms with E-state index in [1.54, 1.807) is 18.2 Å². The van der Waals surface area contributed by atoms with Crippen LogP contribution in [0.2, 0.25) is 0 Å². The fourth-order valence-corrected chi connectivity index (χ4v) is 2.23. The normalized spacial score (nSPS) is 11.2. The summed E-state index contributed by atoms with van der Waals surface area (Å²) in [6.45, 7) is 0. The molecule has 0 radical (unpaired) electrons. The van der Waals surface area contributed by atoms with Crippen LogP contribution in [0.15, 0.2) is 96.0 Å². The van der Waals surface area contributed by atoms with Gasteiger partial charge >= 0.3 is 0 Å². The minimum absolute atomic E-state index is 0.0163. The number of ketones is 1. The van der Waals surface area contributed by atoms with Gasteiger partial charge in [-0.3, -0.25) is 9.79 Å². The van der Waals surface area contributed by atoms with Crippen LogP contribution >= 0.6 is 0 Å². The summed E-state index contributed by atoms with van der Waals surface area (Å²) in [4.78, 5) is 16.6. The standard InChI is InChI=1S/C22H17NO/c24-22(16-11-18-7-3-1-4-8-18)20-12-14-21(15-13-20)23-17-19-9-5-2-6-10-19/h1-17H. The van der Waals surface area contributed by atoms with Crippen molar-refractivity contribution in [3.05, 3.63) is 108 Å². The van der Waals surface area contributed by atoms with Crippen molar-refractivity contribution in [2.45, 2.75) is 0 Å². The Hall–Kier alpha value is -3.26. The predicted molar refractivity (Wildman–Crippen MR) is 99.9 cm³/mol. The van der Waals surface area contributed by atoms with Crippen LogP contribution in [0.3, 0.4) is 0 Å².